The lowest BCUT2D eigenvalue weighted by atomic mass is 9.88. The SMILES string of the molecule is CC1=NCCCC1c1ccccc1. The molecule has 1 aliphatic heterocycles. The molecular weight excluding hydrogens is 158 g/mol. The average molecular weight is 173 g/mol. The minimum atomic E-state index is 0.579. The zero-order valence-electron chi connectivity index (χ0n) is 8.03. The Bertz CT molecular complexity index is 300. The summed E-state index contributed by atoms with van der Waals surface area (Å²) in [4.78, 5) is 4.50. The maximum absolute atomic E-state index is 4.50. The number of rotatable bonds is 1. The molecule has 0 amide bonds. The van der Waals surface area contributed by atoms with Gasteiger partial charge in [-0.3, -0.25) is 4.99 Å². The molecule has 0 bridgehead atoms. The number of hydrogen-bond acceptors (Lipinski definition) is 1. The van der Waals surface area contributed by atoms with Gasteiger partial charge in [0.25, 0.3) is 0 Å². The Morgan fingerprint density at radius 1 is 1.23 bits per heavy atom. The maximum Gasteiger partial charge on any atom is 0.0389 e. The van der Waals surface area contributed by atoms with E-state index >= 15 is 0 Å². The Kier molecular flexibility index (Phi) is 2.44. The minimum absolute atomic E-state index is 0.579. The summed E-state index contributed by atoms with van der Waals surface area (Å²) in [5.41, 5.74) is 2.72. The Morgan fingerprint density at radius 3 is 2.69 bits per heavy atom. The van der Waals surface area contributed by atoms with Crippen molar-refractivity contribution in [3.8, 4) is 0 Å². The molecule has 2 rings (SSSR count). The summed E-state index contributed by atoms with van der Waals surface area (Å²) in [5, 5.41) is 0. The zero-order valence-corrected chi connectivity index (χ0v) is 8.03. The van der Waals surface area contributed by atoms with Gasteiger partial charge < -0.3 is 0 Å². The highest BCUT2D eigenvalue weighted by molar-refractivity contribution is 5.89. The van der Waals surface area contributed by atoms with Gasteiger partial charge in [0.2, 0.25) is 0 Å². The second kappa shape index (κ2) is 3.73. The van der Waals surface area contributed by atoms with Crippen LogP contribution in [0.3, 0.4) is 0 Å². The molecule has 1 aliphatic rings. The van der Waals surface area contributed by atoms with Gasteiger partial charge in [0, 0.05) is 18.2 Å². The van der Waals surface area contributed by atoms with Gasteiger partial charge in [0.15, 0.2) is 0 Å². The molecule has 1 heteroatoms. The van der Waals surface area contributed by atoms with Crippen LogP contribution >= 0.6 is 0 Å². The van der Waals surface area contributed by atoms with Crippen molar-refractivity contribution in [2.75, 3.05) is 6.54 Å². The van der Waals surface area contributed by atoms with Crippen molar-refractivity contribution >= 4 is 5.71 Å². The molecule has 0 saturated carbocycles. The van der Waals surface area contributed by atoms with Crippen LogP contribution in [0.25, 0.3) is 0 Å². The van der Waals surface area contributed by atoms with Crippen LogP contribution < -0.4 is 0 Å². The zero-order chi connectivity index (χ0) is 9.10. The van der Waals surface area contributed by atoms with Crippen LogP contribution in [0.15, 0.2) is 35.3 Å². The van der Waals surface area contributed by atoms with E-state index in [1.807, 2.05) is 0 Å². The summed E-state index contributed by atoms with van der Waals surface area (Å²) < 4.78 is 0. The van der Waals surface area contributed by atoms with E-state index in [2.05, 4.69) is 42.2 Å². The van der Waals surface area contributed by atoms with E-state index in [0.29, 0.717) is 5.92 Å². The first-order valence-electron chi connectivity index (χ1n) is 4.94. The molecule has 0 aromatic heterocycles. The monoisotopic (exact) mass is 173 g/mol. The first-order valence-corrected chi connectivity index (χ1v) is 4.94. The molecule has 1 heterocycles. The van der Waals surface area contributed by atoms with Gasteiger partial charge in [0.1, 0.15) is 0 Å². The van der Waals surface area contributed by atoms with Gasteiger partial charge in [-0.1, -0.05) is 30.3 Å². The summed E-state index contributed by atoms with van der Waals surface area (Å²) in [6.45, 7) is 3.17. The first-order chi connectivity index (χ1) is 6.38. The third-order valence-electron chi connectivity index (χ3n) is 2.72. The summed E-state index contributed by atoms with van der Waals surface area (Å²) >= 11 is 0. The Hall–Kier alpha value is -1.11. The van der Waals surface area contributed by atoms with Crippen molar-refractivity contribution in [3.05, 3.63) is 35.9 Å². The fraction of sp³-hybridized carbons (Fsp3) is 0.417. The summed E-state index contributed by atoms with van der Waals surface area (Å²) in [7, 11) is 0. The molecule has 0 N–H and O–H groups in total. The molecule has 0 radical (unpaired) electrons. The molecule has 13 heavy (non-hydrogen) atoms. The topological polar surface area (TPSA) is 12.4 Å². The molecule has 0 fully saturated rings. The third-order valence-corrected chi connectivity index (χ3v) is 2.72. The van der Waals surface area contributed by atoms with E-state index < -0.39 is 0 Å². The van der Waals surface area contributed by atoms with Crippen LogP contribution in [0.2, 0.25) is 0 Å². The normalized spacial score (nSPS) is 22.5. The molecule has 0 spiro atoms. The molecule has 1 aromatic rings. The van der Waals surface area contributed by atoms with Gasteiger partial charge in [-0.05, 0) is 25.3 Å². The largest absolute Gasteiger partial charge is 0.294 e. The lowest BCUT2D eigenvalue weighted by Gasteiger charge is -2.20. The predicted molar refractivity (Wildman–Crippen MR) is 56.4 cm³/mol. The van der Waals surface area contributed by atoms with E-state index in [4.69, 9.17) is 0 Å². The third kappa shape index (κ3) is 1.80. The summed E-state index contributed by atoms with van der Waals surface area (Å²) in [6, 6.07) is 10.7. The Morgan fingerprint density at radius 2 is 2.00 bits per heavy atom. The van der Waals surface area contributed by atoms with Crippen LogP contribution in [0, 0.1) is 0 Å². The molecule has 0 saturated heterocycles. The molecule has 1 nitrogen and oxygen atoms in total. The first kappa shape index (κ1) is 8.49. The van der Waals surface area contributed by atoms with E-state index in [1.165, 1.54) is 24.1 Å². The van der Waals surface area contributed by atoms with Crippen LogP contribution in [0.1, 0.15) is 31.2 Å². The van der Waals surface area contributed by atoms with E-state index in [-0.39, 0.29) is 0 Å². The van der Waals surface area contributed by atoms with E-state index in [0.717, 1.165) is 6.54 Å². The molecular formula is C12H15N. The highest BCUT2D eigenvalue weighted by Gasteiger charge is 2.16. The van der Waals surface area contributed by atoms with Crippen molar-refractivity contribution < 1.29 is 0 Å². The van der Waals surface area contributed by atoms with Gasteiger partial charge >= 0.3 is 0 Å². The van der Waals surface area contributed by atoms with Crippen LogP contribution in [-0.2, 0) is 0 Å². The number of hydrogen-bond donors (Lipinski definition) is 0. The lowest BCUT2D eigenvalue weighted by Crippen LogP contribution is -2.14. The Labute approximate surface area is 79.5 Å². The number of benzene rings is 1. The second-order valence-corrected chi connectivity index (χ2v) is 3.63. The summed E-state index contributed by atoms with van der Waals surface area (Å²) in [6.07, 6.45) is 2.50. The molecule has 1 atom stereocenters. The highest BCUT2D eigenvalue weighted by Crippen LogP contribution is 2.25. The van der Waals surface area contributed by atoms with Crippen molar-refractivity contribution in [2.24, 2.45) is 4.99 Å². The molecule has 1 unspecified atom stereocenters. The molecule has 0 aliphatic carbocycles. The highest BCUT2D eigenvalue weighted by atomic mass is 14.7. The molecule has 1 aromatic carbocycles. The number of aliphatic imine (C=N–C) groups is 1. The fourth-order valence-electron chi connectivity index (χ4n) is 1.96. The average Bonchev–Trinajstić information content (AvgIpc) is 2.20. The van der Waals surface area contributed by atoms with Gasteiger partial charge in [-0.2, -0.15) is 0 Å². The summed E-state index contributed by atoms with van der Waals surface area (Å²) in [5.74, 6) is 0.579. The van der Waals surface area contributed by atoms with Gasteiger partial charge in [-0.25, -0.2) is 0 Å². The van der Waals surface area contributed by atoms with Crippen LogP contribution in [0.4, 0.5) is 0 Å². The standard InChI is InChI=1S/C12H15N/c1-10-12(8-5-9-13-10)11-6-3-2-4-7-11/h2-4,6-7,12H,5,8-9H2,1H3. The van der Waals surface area contributed by atoms with Crippen LogP contribution in [0.5, 0.6) is 0 Å². The Balaban J connectivity index is 2.26. The molecule has 68 valence electrons. The lowest BCUT2D eigenvalue weighted by molar-refractivity contribution is 0.669. The van der Waals surface area contributed by atoms with Crippen LogP contribution in [-0.4, -0.2) is 12.3 Å². The van der Waals surface area contributed by atoms with Crippen molar-refractivity contribution in [1.29, 1.82) is 0 Å². The van der Waals surface area contributed by atoms with E-state index in [1.54, 1.807) is 0 Å². The van der Waals surface area contributed by atoms with E-state index in [9.17, 15) is 0 Å². The fourth-order valence-corrected chi connectivity index (χ4v) is 1.96. The predicted octanol–water partition coefficient (Wildman–Crippen LogP) is 3.02. The van der Waals surface area contributed by atoms with Crippen molar-refractivity contribution in [1.82, 2.24) is 0 Å². The second-order valence-electron chi connectivity index (χ2n) is 3.63. The maximum atomic E-state index is 4.50. The van der Waals surface area contributed by atoms with Gasteiger partial charge in [0.05, 0.1) is 0 Å². The smallest absolute Gasteiger partial charge is 0.0389 e. The van der Waals surface area contributed by atoms with Crippen molar-refractivity contribution in [3.63, 3.8) is 0 Å². The number of nitrogens with zero attached hydrogens (tertiary/aromatic N) is 1. The van der Waals surface area contributed by atoms with Crippen molar-refractivity contribution in [2.45, 2.75) is 25.7 Å². The quantitative estimate of drug-likeness (QED) is 0.619. The minimum Gasteiger partial charge on any atom is -0.294 e. The van der Waals surface area contributed by atoms with Gasteiger partial charge in [-0.15, -0.1) is 0 Å².